The average Bonchev–Trinajstić information content (AvgIpc) is 1.87. The average molecular weight is 125 g/mol. The minimum atomic E-state index is 0.791. The highest BCUT2D eigenvalue weighted by Crippen LogP contribution is 2.06. The summed E-state index contributed by atoms with van der Waals surface area (Å²) in [4.78, 5) is 3.80. The first kappa shape index (κ1) is 8.41. The molecular formula is C8H15N. The Balaban J connectivity index is 3.92. The maximum atomic E-state index is 3.80. The topological polar surface area (TPSA) is 12.4 Å². The van der Waals surface area contributed by atoms with Gasteiger partial charge in [-0.1, -0.05) is 18.1 Å². The maximum absolute atomic E-state index is 3.80. The van der Waals surface area contributed by atoms with E-state index >= 15 is 0 Å². The Hall–Kier alpha value is -0.590. The molecule has 0 bridgehead atoms. The van der Waals surface area contributed by atoms with E-state index in [2.05, 4.69) is 32.5 Å². The maximum Gasteiger partial charge on any atom is 0.0592 e. The van der Waals surface area contributed by atoms with Crippen molar-refractivity contribution in [1.29, 1.82) is 0 Å². The first-order chi connectivity index (χ1) is 4.22. The summed E-state index contributed by atoms with van der Waals surface area (Å²) in [5, 5.41) is 0. The molecule has 0 atom stereocenters. The summed E-state index contributed by atoms with van der Waals surface area (Å²) in [5.41, 5.74) is 2.79. The molecule has 0 spiro atoms. The summed E-state index contributed by atoms with van der Waals surface area (Å²) in [6.07, 6.45) is 1.13. The van der Waals surface area contributed by atoms with Crippen LogP contribution in [0.5, 0.6) is 0 Å². The lowest BCUT2D eigenvalue weighted by atomic mass is 10.1. The number of hydrogen-bond acceptors (Lipinski definition) is 1. The van der Waals surface area contributed by atoms with E-state index in [-0.39, 0.29) is 0 Å². The van der Waals surface area contributed by atoms with Crippen molar-refractivity contribution >= 4 is 6.72 Å². The van der Waals surface area contributed by atoms with Crippen LogP contribution in [0.2, 0.25) is 0 Å². The van der Waals surface area contributed by atoms with Gasteiger partial charge in [-0.25, -0.2) is 0 Å². The second-order valence-corrected chi connectivity index (χ2v) is 2.30. The third-order valence-electron chi connectivity index (χ3n) is 1.61. The molecule has 0 aromatic rings. The lowest BCUT2D eigenvalue weighted by Gasteiger charge is -1.99. The Morgan fingerprint density at radius 2 is 1.89 bits per heavy atom. The van der Waals surface area contributed by atoms with Crippen LogP contribution in [-0.4, -0.2) is 13.3 Å². The monoisotopic (exact) mass is 125 g/mol. The molecule has 0 aromatic carbocycles. The van der Waals surface area contributed by atoms with Gasteiger partial charge in [0.15, 0.2) is 0 Å². The summed E-state index contributed by atoms with van der Waals surface area (Å²) in [7, 11) is 0. The highest BCUT2D eigenvalue weighted by atomic mass is 14.7. The van der Waals surface area contributed by atoms with Crippen LogP contribution in [0.4, 0.5) is 0 Å². The van der Waals surface area contributed by atoms with Gasteiger partial charge in [0.1, 0.15) is 0 Å². The van der Waals surface area contributed by atoms with Crippen molar-refractivity contribution < 1.29 is 0 Å². The third kappa shape index (κ3) is 3.07. The molecule has 0 rings (SSSR count). The number of hydrogen-bond donors (Lipinski definition) is 0. The molecule has 9 heavy (non-hydrogen) atoms. The number of rotatable bonds is 3. The predicted molar refractivity (Wildman–Crippen MR) is 43.1 cm³/mol. The Bertz CT molecular complexity index is 123. The first-order valence-electron chi connectivity index (χ1n) is 3.30. The van der Waals surface area contributed by atoms with Gasteiger partial charge in [-0.2, -0.15) is 0 Å². The second kappa shape index (κ2) is 4.30. The third-order valence-corrected chi connectivity index (χ3v) is 1.61. The van der Waals surface area contributed by atoms with Crippen molar-refractivity contribution in [3.8, 4) is 0 Å². The van der Waals surface area contributed by atoms with E-state index in [1.807, 2.05) is 0 Å². The van der Waals surface area contributed by atoms with Crippen molar-refractivity contribution in [2.24, 2.45) is 4.99 Å². The minimum absolute atomic E-state index is 0.791. The highest BCUT2D eigenvalue weighted by Gasteiger charge is 1.90. The lowest BCUT2D eigenvalue weighted by Crippen LogP contribution is -1.86. The zero-order chi connectivity index (χ0) is 7.28. The summed E-state index contributed by atoms with van der Waals surface area (Å²) in [6, 6.07) is 0. The minimum Gasteiger partial charge on any atom is -0.297 e. The number of allylic oxidation sites excluding steroid dienone is 1. The SMILES string of the molecule is C=NC/C(C)=C(\C)CC. The molecule has 0 unspecified atom stereocenters. The number of nitrogens with zero attached hydrogens (tertiary/aromatic N) is 1. The van der Waals surface area contributed by atoms with Crippen LogP contribution in [0, 0.1) is 0 Å². The molecule has 0 fully saturated rings. The molecule has 0 saturated carbocycles. The molecule has 0 aliphatic rings. The zero-order valence-corrected chi connectivity index (χ0v) is 6.57. The van der Waals surface area contributed by atoms with Gasteiger partial charge in [-0.15, -0.1) is 0 Å². The van der Waals surface area contributed by atoms with Gasteiger partial charge < -0.3 is 0 Å². The zero-order valence-electron chi connectivity index (χ0n) is 6.57. The Kier molecular flexibility index (Phi) is 4.02. The summed E-state index contributed by atoms with van der Waals surface area (Å²) in [5.74, 6) is 0. The van der Waals surface area contributed by atoms with Crippen LogP contribution >= 0.6 is 0 Å². The smallest absolute Gasteiger partial charge is 0.0592 e. The fourth-order valence-corrected chi connectivity index (χ4v) is 0.604. The van der Waals surface area contributed by atoms with E-state index in [0.717, 1.165) is 13.0 Å². The summed E-state index contributed by atoms with van der Waals surface area (Å²) >= 11 is 0. The predicted octanol–water partition coefficient (Wildman–Crippen LogP) is 2.43. The van der Waals surface area contributed by atoms with E-state index in [9.17, 15) is 0 Å². The van der Waals surface area contributed by atoms with Crippen molar-refractivity contribution in [3.63, 3.8) is 0 Å². The molecule has 1 heteroatoms. The standard InChI is InChI=1S/C8H15N/c1-5-7(2)8(3)6-9-4/h4-6H2,1-3H3/b8-7+. The van der Waals surface area contributed by atoms with Crippen LogP contribution < -0.4 is 0 Å². The van der Waals surface area contributed by atoms with Gasteiger partial charge >= 0.3 is 0 Å². The quantitative estimate of drug-likeness (QED) is 0.406. The van der Waals surface area contributed by atoms with Crippen molar-refractivity contribution in [3.05, 3.63) is 11.1 Å². The first-order valence-corrected chi connectivity index (χ1v) is 3.30. The van der Waals surface area contributed by atoms with E-state index < -0.39 is 0 Å². The largest absolute Gasteiger partial charge is 0.297 e. The second-order valence-electron chi connectivity index (χ2n) is 2.30. The molecular weight excluding hydrogens is 110 g/mol. The van der Waals surface area contributed by atoms with Crippen LogP contribution in [0.1, 0.15) is 27.2 Å². The van der Waals surface area contributed by atoms with E-state index in [1.165, 1.54) is 11.1 Å². The van der Waals surface area contributed by atoms with E-state index in [1.54, 1.807) is 0 Å². The van der Waals surface area contributed by atoms with Gasteiger partial charge in [-0.05, 0) is 27.0 Å². The Morgan fingerprint density at radius 3 is 2.22 bits per heavy atom. The molecule has 0 heterocycles. The molecule has 0 aliphatic carbocycles. The Labute approximate surface area is 57.5 Å². The molecule has 0 N–H and O–H groups in total. The summed E-state index contributed by atoms with van der Waals surface area (Å²) in [6.45, 7) is 10.6. The van der Waals surface area contributed by atoms with Crippen molar-refractivity contribution in [2.45, 2.75) is 27.2 Å². The molecule has 0 radical (unpaired) electrons. The van der Waals surface area contributed by atoms with Crippen LogP contribution in [0.25, 0.3) is 0 Å². The van der Waals surface area contributed by atoms with Crippen molar-refractivity contribution in [2.75, 3.05) is 6.54 Å². The van der Waals surface area contributed by atoms with Crippen molar-refractivity contribution in [1.82, 2.24) is 0 Å². The van der Waals surface area contributed by atoms with Gasteiger partial charge in [0.25, 0.3) is 0 Å². The highest BCUT2D eigenvalue weighted by molar-refractivity contribution is 5.25. The van der Waals surface area contributed by atoms with Gasteiger partial charge in [0.05, 0.1) is 6.54 Å². The van der Waals surface area contributed by atoms with E-state index in [4.69, 9.17) is 0 Å². The number of aliphatic imine (C=N–C) groups is 1. The molecule has 0 aliphatic heterocycles. The van der Waals surface area contributed by atoms with Crippen LogP contribution in [0.15, 0.2) is 16.1 Å². The van der Waals surface area contributed by atoms with Gasteiger partial charge in [-0.3, -0.25) is 4.99 Å². The van der Waals surface area contributed by atoms with Gasteiger partial charge in [0, 0.05) is 0 Å². The molecule has 0 aromatic heterocycles. The van der Waals surface area contributed by atoms with Crippen LogP contribution in [0.3, 0.4) is 0 Å². The fraction of sp³-hybridized carbons (Fsp3) is 0.625. The van der Waals surface area contributed by atoms with Crippen LogP contribution in [-0.2, 0) is 0 Å². The Morgan fingerprint density at radius 1 is 1.33 bits per heavy atom. The fourth-order valence-electron chi connectivity index (χ4n) is 0.604. The summed E-state index contributed by atoms with van der Waals surface area (Å²) < 4.78 is 0. The van der Waals surface area contributed by atoms with E-state index in [0.29, 0.717) is 0 Å². The van der Waals surface area contributed by atoms with Gasteiger partial charge in [0.2, 0.25) is 0 Å². The molecule has 1 nitrogen and oxygen atoms in total. The molecule has 0 saturated heterocycles. The lowest BCUT2D eigenvalue weighted by molar-refractivity contribution is 1.01. The molecule has 52 valence electrons. The normalized spacial score (nSPS) is 12.8. The molecule has 0 amide bonds.